The molecule has 1 aliphatic heterocycles. The van der Waals surface area contributed by atoms with Gasteiger partial charge in [-0.25, -0.2) is 0 Å². The summed E-state index contributed by atoms with van der Waals surface area (Å²) in [6, 6.07) is 22.3. The van der Waals surface area contributed by atoms with E-state index in [-0.39, 0.29) is 5.56 Å². The van der Waals surface area contributed by atoms with E-state index < -0.39 is 23.6 Å². The van der Waals surface area contributed by atoms with Crippen molar-refractivity contribution in [2.24, 2.45) is 5.92 Å². The Bertz CT molecular complexity index is 1070. The van der Waals surface area contributed by atoms with E-state index in [0.29, 0.717) is 28.2 Å². The molecule has 5 heteroatoms. The number of carbonyl (C=O) groups excluding carboxylic acids is 1. The van der Waals surface area contributed by atoms with E-state index in [4.69, 9.17) is 10.00 Å². The fourth-order valence-electron chi connectivity index (χ4n) is 3.60. The number of aliphatic carboxylic acids is 1. The summed E-state index contributed by atoms with van der Waals surface area (Å²) in [7, 11) is 0. The van der Waals surface area contributed by atoms with Crippen LogP contribution in [0.25, 0.3) is 0 Å². The standard InChI is InChI=1S/C23H15NO4/c24-13-14-9-11-15(12-10-14)22(25)21(23(26)27)20-16-5-1-3-7-18(16)28-19-8-4-2-6-17(19)20/h1-12,20-21H,(H,26,27). The first-order chi connectivity index (χ1) is 13.6. The molecule has 136 valence electrons. The highest BCUT2D eigenvalue weighted by atomic mass is 16.5. The molecule has 1 aliphatic rings. The average molecular weight is 369 g/mol. The SMILES string of the molecule is N#Cc1ccc(C(=O)C(C(=O)O)C2c3ccccc3Oc3ccccc32)cc1. The van der Waals surface area contributed by atoms with Gasteiger partial charge in [-0.2, -0.15) is 5.26 Å². The zero-order valence-corrected chi connectivity index (χ0v) is 14.7. The number of carboxylic acids is 1. The van der Waals surface area contributed by atoms with E-state index in [1.165, 1.54) is 24.3 Å². The van der Waals surface area contributed by atoms with Crippen LogP contribution in [0.3, 0.4) is 0 Å². The number of ketones is 1. The maximum Gasteiger partial charge on any atom is 0.315 e. The van der Waals surface area contributed by atoms with E-state index in [9.17, 15) is 14.7 Å². The molecule has 28 heavy (non-hydrogen) atoms. The monoisotopic (exact) mass is 369 g/mol. The fraction of sp³-hybridized carbons (Fsp3) is 0.0870. The molecule has 1 unspecified atom stereocenters. The largest absolute Gasteiger partial charge is 0.481 e. The van der Waals surface area contributed by atoms with E-state index >= 15 is 0 Å². The Kier molecular flexibility index (Phi) is 4.38. The van der Waals surface area contributed by atoms with Crippen LogP contribution in [0.15, 0.2) is 72.8 Å². The van der Waals surface area contributed by atoms with Crippen molar-refractivity contribution in [3.05, 3.63) is 95.1 Å². The molecule has 0 saturated heterocycles. The number of nitrogens with zero attached hydrogens (tertiary/aromatic N) is 1. The summed E-state index contributed by atoms with van der Waals surface area (Å²) in [6.45, 7) is 0. The van der Waals surface area contributed by atoms with Gasteiger partial charge in [-0.3, -0.25) is 9.59 Å². The lowest BCUT2D eigenvalue weighted by molar-refractivity contribution is -0.140. The van der Waals surface area contributed by atoms with Crippen molar-refractivity contribution >= 4 is 11.8 Å². The number of hydrogen-bond donors (Lipinski definition) is 1. The van der Waals surface area contributed by atoms with Crippen LogP contribution >= 0.6 is 0 Å². The summed E-state index contributed by atoms with van der Waals surface area (Å²) in [5.74, 6) is -2.62. The predicted molar refractivity (Wildman–Crippen MR) is 101 cm³/mol. The van der Waals surface area contributed by atoms with E-state index in [2.05, 4.69) is 0 Å². The van der Waals surface area contributed by atoms with Gasteiger partial charge in [0.2, 0.25) is 0 Å². The third kappa shape index (κ3) is 2.91. The molecule has 0 saturated carbocycles. The van der Waals surface area contributed by atoms with Crippen LogP contribution in [0.5, 0.6) is 11.5 Å². The van der Waals surface area contributed by atoms with Gasteiger partial charge in [0, 0.05) is 22.6 Å². The normalized spacial score (nSPS) is 13.4. The highest BCUT2D eigenvalue weighted by Gasteiger charge is 2.41. The number of rotatable bonds is 4. The van der Waals surface area contributed by atoms with Gasteiger partial charge >= 0.3 is 5.97 Å². The second-order valence-corrected chi connectivity index (χ2v) is 6.52. The molecule has 1 heterocycles. The Morgan fingerprint density at radius 1 is 0.893 bits per heavy atom. The second kappa shape index (κ2) is 7.01. The van der Waals surface area contributed by atoms with Crippen LogP contribution in [-0.2, 0) is 4.79 Å². The second-order valence-electron chi connectivity index (χ2n) is 6.52. The Balaban J connectivity index is 1.85. The molecule has 0 aliphatic carbocycles. The smallest absolute Gasteiger partial charge is 0.315 e. The first-order valence-electron chi connectivity index (χ1n) is 8.73. The number of benzene rings is 3. The zero-order valence-electron chi connectivity index (χ0n) is 14.7. The Morgan fingerprint density at radius 2 is 1.43 bits per heavy atom. The van der Waals surface area contributed by atoms with Gasteiger partial charge in [-0.05, 0) is 24.3 Å². The maximum atomic E-state index is 13.2. The number of para-hydroxylation sites is 2. The molecular weight excluding hydrogens is 354 g/mol. The number of carbonyl (C=O) groups is 2. The van der Waals surface area contributed by atoms with Crippen molar-refractivity contribution in [2.75, 3.05) is 0 Å². The summed E-state index contributed by atoms with van der Waals surface area (Å²) < 4.78 is 5.91. The minimum Gasteiger partial charge on any atom is -0.481 e. The summed E-state index contributed by atoms with van der Waals surface area (Å²) in [4.78, 5) is 25.4. The molecule has 0 aromatic heterocycles. The summed E-state index contributed by atoms with van der Waals surface area (Å²) in [5, 5.41) is 18.9. The predicted octanol–water partition coefficient (Wildman–Crippen LogP) is 4.38. The number of carboxylic acid groups (broad SMARTS) is 1. The Morgan fingerprint density at radius 3 is 1.93 bits per heavy atom. The highest BCUT2D eigenvalue weighted by molar-refractivity contribution is 6.09. The zero-order chi connectivity index (χ0) is 19.7. The molecule has 3 aromatic rings. The maximum absolute atomic E-state index is 13.2. The topological polar surface area (TPSA) is 87.4 Å². The number of ether oxygens (including phenoxy) is 1. The molecule has 4 rings (SSSR count). The van der Waals surface area contributed by atoms with Crippen molar-refractivity contribution in [2.45, 2.75) is 5.92 Å². The van der Waals surface area contributed by atoms with Crippen molar-refractivity contribution in [3.63, 3.8) is 0 Å². The van der Waals surface area contributed by atoms with E-state index in [1.807, 2.05) is 18.2 Å². The van der Waals surface area contributed by atoms with Crippen LogP contribution < -0.4 is 4.74 Å². The van der Waals surface area contributed by atoms with Gasteiger partial charge in [0.25, 0.3) is 0 Å². The highest BCUT2D eigenvalue weighted by Crippen LogP contribution is 2.48. The minimum absolute atomic E-state index is 0.257. The van der Waals surface area contributed by atoms with Gasteiger partial charge in [0.1, 0.15) is 17.4 Å². The summed E-state index contributed by atoms with van der Waals surface area (Å²) >= 11 is 0. The van der Waals surface area contributed by atoms with Crippen molar-refractivity contribution < 1.29 is 19.4 Å². The Labute approximate surface area is 161 Å². The van der Waals surface area contributed by atoms with E-state index in [0.717, 1.165) is 0 Å². The van der Waals surface area contributed by atoms with Crippen LogP contribution in [0.2, 0.25) is 0 Å². The summed E-state index contributed by atoms with van der Waals surface area (Å²) in [6.07, 6.45) is 0. The van der Waals surface area contributed by atoms with Crippen molar-refractivity contribution in [3.8, 4) is 17.6 Å². The van der Waals surface area contributed by atoms with Gasteiger partial charge < -0.3 is 9.84 Å². The van der Waals surface area contributed by atoms with Crippen molar-refractivity contribution in [1.82, 2.24) is 0 Å². The third-order valence-corrected chi connectivity index (χ3v) is 4.91. The molecule has 1 N–H and O–H groups in total. The number of Topliss-reactive ketones (excluding diaryl/α,β-unsaturated/α-hetero) is 1. The third-order valence-electron chi connectivity index (χ3n) is 4.91. The number of hydrogen-bond acceptors (Lipinski definition) is 4. The molecule has 5 nitrogen and oxygen atoms in total. The lowest BCUT2D eigenvalue weighted by Crippen LogP contribution is -2.32. The van der Waals surface area contributed by atoms with Gasteiger partial charge in [0.15, 0.2) is 5.78 Å². The lowest BCUT2D eigenvalue weighted by Gasteiger charge is -2.31. The first-order valence-corrected chi connectivity index (χ1v) is 8.73. The molecular formula is C23H15NO4. The molecule has 3 aromatic carbocycles. The Hall–Kier alpha value is -3.91. The van der Waals surface area contributed by atoms with Crippen LogP contribution in [0, 0.1) is 17.2 Å². The minimum atomic E-state index is -1.32. The van der Waals surface area contributed by atoms with Crippen LogP contribution in [0.1, 0.15) is 33.0 Å². The molecule has 0 radical (unpaired) electrons. The average Bonchev–Trinajstić information content (AvgIpc) is 2.73. The molecule has 0 bridgehead atoms. The molecule has 1 atom stereocenters. The van der Waals surface area contributed by atoms with Gasteiger partial charge in [-0.15, -0.1) is 0 Å². The molecule has 0 fully saturated rings. The van der Waals surface area contributed by atoms with Crippen LogP contribution in [0.4, 0.5) is 0 Å². The fourth-order valence-corrected chi connectivity index (χ4v) is 3.60. The van der Waals surface area contributed by atoms with Crippen molar-refractivity contribution in [1.29, 1.82) is 5.26 Å². The first kappa shape index (κ1) is 17.5. The summed E-state index contributed by atoms with van der Waals surface area (Å²) in [5.41, 5.74) is 1.99. The molecule has 0 spiro atoms. The lowest BCUT2D eigenvalue weighted by atomic mass is 9.75. The van der Waals surface area contributed by atoms with E-state index in [1.54, 1.807) is 36.4 Å². The molecule has 0 amide bonds. The number of nitriles is 1. The number of fused-ring (bicyclic) bond motifs is 2. The quantitative estimate of drug-likeness (QED) is 0.545. The van der Waals surface area contributed by atoms with Gasteiger partial charge in [-0.1, -0.05) is 48.5 Å². The van der Waals surface area contributed by atoms with Crippen LogP contribution in [-0.4, -0.2) is 16.9 Å². The van der Waals surface area contributed by atoms with Gasteiger partial charge in [0.05, 0.1) is 11.6 Å².